The van der Waals surface area contributed by atoms with Crippen LogP contribution in [0.1, 0.15) is 20.8 Å². The minimum Gasteiger partial charge on any atom is -0.332 e. The Morgan fingerprint density at radius 2 is 1.86 bits per heavy atom. The molecule has 8 heteroatoms. The second-order valence-corrected chi connectivity index (χ2v) is 9.73. The van der Waals surface area contributed by atoms with Gasteiger partial charge in [-0.1, -0.05) is 20.8 Å². The molecular formula is C6H18O4S4. The maximum atomic E-state index is 9.75. The molecule has 1 unspecified atom stereocenters. The summed E-state index contributed by atoms with van der Waals surface area (Å²) in [4.78, 5) is 0. The van der Waals surface area contributed by atoms with Gasteiger partial charge in [0.25, 0.3) is 0 Å². The lowest BCUT2D eigenvalue weighted by Gasteiger charge is -1.90. The maximum absolute atomic E-state index is 9.75. The topological polar surface area (TPSA) is 74.6 Å². The SMILES string of the molecule is CCSS(=O)(=O)O.CC[SH]=S(O)CC. The van der Waals surface area contributed by atoms with Crippen LogP contribution in [0.25, 0.3) is 0 Å². The molecule has 0 amide bonds. The van der Waals surface area contributed by atoms with Gasteiger partial charge in [0, 0.05) is 11.5 Å². The van der Waals surface area contributed by atoms with Gasteiger partial charge >= 0.3 is 9.15 Å². The van der Waals surface area contributed by atoms with Crippen LogP contribution in [0.5, 0.6) is 0 Å². The fourth-order valence-electron chi connectivity index (χ4n) is 0.389. The Morgan fingerprint density at radius 1 is 1.36 bits per heavy atom. The minimum absolute atomic E-state index is 0.305. The normalized spacial score (nSPS) is 13.8. The molecule has 0 aliphatic carbocycles. The Labute approximate surface area is 95.4 Å². The van der Waals surface area contributed by atoms with Crippen LogP contribution in [0.3, 0.4) is 0 Å². The van der Waals surface area contributed by atoms with E-state index >= 15 is 0 Å². The Bertz CT molecular complexity index is 247. The molecule has 0 aliphatic rings. The van der Waals surface area contributed by atoms with E-state index in [-0.39, 0.29) is 9.74 Å². The summed E-state index contributed by atoms with van der Waals surface area (Å²) in [6, 6.07) is 0. The molecule has 0 saturated carbocycles. The van der Waals surface area contributed by atoms with Crippen LogP contribution in [0.4, 0.5) is 0 Å². The van der Waals surface area contributed by atoms with Gasteiger partial charge in [0.2, 0.25) is 0 Å². The molecule has 0 radical (unpaired) electrons. The largest absolute Gasteiger partial charge is 0.332 e. The highest BCUT2D eigenvalue weighted by Crippen LogP contribution is 2.06. The summed E-state index contributed by atoms with van der Waals surface area (Å²) in [7, 11) is -2.35. The van der Waals surface area contributed by atoms with Gasteiger partial charge < -0.3 is 4.55 Å². The highest BCUT2D eigenvalue weighted by molar-refractivity contribution is 8.69. The summed E-state index contributed by atoms with van der Waals surface area (Å²) in [5.74, 6) is 2.38. The van der Waals surface area contributed by atoms with Crippen LogP contribution in [-0.4, -0.2) is 34.8 Å². The molecule has 0 aromatic rings. The number of hydrogen-bond acceptors (Lipinski definition) is 3. The lowest BCUT2D eigenvalue weighted by Crippen LogP contribution is -1.91. The van der Waals surface area contributed by atoms with Crippen molar-refractivity contribution < 1.29 is 17.5 Å². The van der Waals surface area contributed by atoms with Crippen molar-refractivity contribution in [3.05, 3.63) is 0 Å². The van der Waals surface area contributed by atoms with Crippen LogP contribution in [0, 0.1) is 0 Å². The Balaban J connectivity index is 0. The quantitative estimate of drug-likeness (QED) is 0.413. The van der Waals surface area contributed by atoms with Gasteiger partial charge in [-0.2, -0.15) is 18.7 Å². The van der Waals surface area contributed by atoms with Gasteiger partial charge in [-0.3, -0.25) is 4.55 Å². The predicted molar refractivity (Wildman–Crippen MR) is 69.5 cm³/mol. The molecule has 0 rings (SSSR count). The van der Waals surface area contributed by atoms with E-state index in [9.17, 15) is 8.42 Å². The van der Waals surface area contributed by atoms with Crippen molar-refractivity contribution in [3.8, 4) is 0 Å². The third kappa shape index (κ3) is 18.7. The second-order valence-electron chi connectivity index (χ2n) is 1.91. The Kier molecular flexibility index (Phi) is 12.9. The summed E-state index contributed by atoms with van der Waals surface area (Å²) in [5, 5.41) is 0. The van der Waals surface area contributed by atoms with Crippen LogP contribution in [0.15, 0.2) is 0 Å². The van der Waals surface area contributed by atoms with E-state index in [2.05, 4.69) is 6.92 Å². The molecule has 0 saturated heterocycles. The zero-order chi connectivity index (χ0) is 11.6. The molecule has 1 atom stereocenters. The zero-order valence-electron chi connectivity index (χ0n) is 8.50. The van der Waals surface area contributed by atoms with Crippen LogP contribution in [0.2, 0.25) is 0 Å². The number of rotatable bonds is 4. The first kappa shape index (κ1) is 17.3. The maximum Gasteiger partial charge on any atom is 0.319 e. The zero-order valence-corrected chi connectivity index (χ0v) is 11.8. The third-order valence-electron chi connectivity index (χ3n) is 0.803. The highest BCUT2D eigenvalue weighted by Gasteiger charge is 1.99. The molecule has 0 bridgehead atoms. The molecule has 0 heterocycles. The van der Waals surface area contributed by atoms with Gasteiger partial charge in [0.15, 0.2) is 0 Å². The standard InChI is InChI=1S/C4H12OS2.C2H6O3S2/c1-3-6-7(5)4-2;1-2-6-7(3,4)5/h5-6H,3-4H2,1-2H3;2H2,1H3,(H,3,4,5). The van der Waals surface area contributed by atoms with E-state index in [0.717, 1.165) is 11.5 Å². The van der Waals surface area contributed by atoms with E-state index in [1.807, 2.05) is 6.92 Å². The number of hydrogen-bond donors (Lipinski definition) is 3. The van der Waals surface area contributed by atoms with Crippen LogP contribution < -0.4 is 0 Å². The van der Waals surface area contributed by atoms with E-state index in [1.54, 1.807) is 6.92 Å². The Hall–Kier alpha value is 0.920. The lowest BCUT2D eigenvalue weighted by molar-refractivity contribution is 0.503. The summed E-state index contributed by atoms with van der Waals surface area (Å²) < 4.78 is 36.3. The average Bonchev–Trinajstić information content (AvgIpc) is 2.03. The van der Waals surface area contributed by atoms with Crippen molar-refractivity contribution in [2.24, 2.45) is 0 Å². The smallest absolute Gasteiger partial charge is 0.319 e. The summed E-state index contributed by atoms with van der Waals surface area (Å²) in [6.45, 7) is 5.73. The molecule has 2 N–H and O–H groups in total. The van der Waals surface area contributed by atoms with E-state index in [0.29, 0.717) is 16.5 Å². The summed E-state index contributed by atoms with van der Waals surface area (Å²) >= 11 is 0. The molecule has 0 fully saturated rings. The molecule has 0 spiro atoms. The molecule has 0 aromatic carbocycles. The lowest BCUT2D eigenvalue weighted by atomic mass is 11.0. The van der Waals surface area contributed by atoms with Gasteiger partial charge in [-0.15, -0.1) is 0 Å². The van der Waals surface area contributed by atoms with Gasteiger partial charge in [0.1, 0.15) is 0 Å². The van der Waals surface area contributed by atoms with Gasteiger partial charge in [-0.05, 0) is 26.3 Å². The molecule has 0 aromatic heterocycles. The minimum atomic E-state index is -3.76. The van der Waals surface area contributed by atoms with E-state index < -0.39 is 9.15 Å². The van der Waals surface area contributed by atoms with E-state index in [4.69, 9.17) is 9.11 Å². The summed E-state index contributed by atoms with van der Waals surface area (Å²) in [5.41, 5.74) is 0. The fraction of sp³-hybridized carbons (Fsp3) is 1.00. The van der Waals surface area contributed by atoms with Gasteiger partial charge in [-0.25, -0.2) is 0 Å². The first-order valence-electron chi connectivity index (χ1n) is 4.06. The van der Waals surface area contributed by atoms with Crippen molar-refractivity contribution >= 4 is 40.0 Å². The van der Waals surface area contributed by atoms with E-state index in [1.165, 1.54) is 10.3 Å². The fourth-order valence-corrected chi connectivity index (χ4v) is 3.50. The van der Waals surface area contributed by atoms with Crippen LogP contribution >= 0.6 is 10.8 Å². The predicted octanol–water partition coefficient (Wildman–Crippen LogP) is 1.39. The van der Waals surface area contributed by atoms with Crippen molar-refractivity contribution in [1.82, 2.24) is 0 Å². The van der Waals surface area contributed by atoms with Crippen molar-refractivity contribution in [1.29, 1.82) is 0 Å². The first-order chi connectivity index (χ1) is 6.37. The molecule has 4 nitrogen and oxygen atoms in total. The van der Waals surface area contributed by atoms with Crippen molar-refractivity contribution in [2.45, 2.75) is 20.8 Å². The highest BCUT2D eigenvalue weighted by atomic mass is 33.1. The van der Waals surface area contributed by atoms with Crippen LogP contribution in [-0.2, 0) is 29.2 Å². The second kappa shape index (κ2) is 10.4. The van der Waals surface area contributed by atoms with Crippen molar-refractivity contribution in [3.63, 3.8) is 0 Å². The van der Waals surface area contributed by atoms with Gasteiger partial charge in [0.05, 0.1) is 0 Å². The molecule has 14 heavy (non-hydrogen) atoms. The third-order valence-corrected chi connectivity index (χ3v) is 6.45. The van der Waals surface area contributed by atoms with Crippen molar-refractivity contribution in [2.75, 3.05) is 17.3 Å². The monoisotopic (exact) mass is 282 g/mol. The Morgan fingerprint density at radius 3 is 1.93 bits per heavy atom. The number of thiol groups is 1. The molecular weight excluding hydrogens is 264 g/mol. The average molecular weight is 282 g/mol. The molecule has 90 valence electrons. The molecule has 0 aliphatic heterocycles. The summed E-state index contributed by atoms with van der Waals surface area (Å²) in [6.07, 6.45) is 0. The first-order valence-corrected chi connectivity index (χ1v) is 10.0.